The van der Waals surface area contributed by atoms with Gasteiger partial charge in [-0.1, -0.05) is 25.2 Å². The summed E-state index contributed by atoms with van der Waals surface area (Å²) in [4.78, 5) is 40.0. The van der Waals surface area contributed by atoms with E-state index in [-0.39, 0.29) is 24.0 Å². The summed E-state index contributed by atoms with van der Waals surface area (Å²) in [5.74, 6) is -1.20. The number of fused-ring (bicyclic) bond motifs is 1. The minimum absolute atomic E-state index is 0.0671. The Morgan fingerprint density at radius 1 is 1.44 bits per heavy atom. The maximum absolute atomic E-state index is 12.4. The number of carbonyl (C=O) groups is 2. The van der Waals surface area contributed by atoms with Crippen LogP contribution in [0.2, 0.25) is 0 Å². The molecule has 1 N–H and O–H groups in total. The van der Waals surface area contributed by atoms with Crippen LogP contribution in [-0.2, 0) is 9.59 Å². The molecule has 142 valence electrons. The zero-order valence-corrected chi connectivity index (χ0v) is 15.5. The smallest absolute Gasteiger partial charge is 0.366 e. The second-order valence-corrected chi connectivity index (χ2v) is 7.09. The first-order valence-corrected chi connectivity index (χ1v) is 8.84. The Morgan fingerprint density at radius 3 is 2.81 bits per heavy atom. The molecule has 1 aliphatic heterocycles. The van der Waals surface area contributed by atoms with Crippen LogP contribution in [0.3, 0.4) is 0 Å². The van der Waals surface area contributed by atoms with Crippen LogP contribution in [0.5, 0.6) is 5.75 Å². The van der Waals surface area contributed by atoms with Crippen molar-refractivity contribution in [3.8, 4) is 5.75 Å². The van der Waals surface area contributed by atoms with E-state index in [2.05, 4.69) is 20.5 Å². The molecule has 1 unspecified atom stereocenters. The van der Waals surface area contributed by atoms with Crippen LogP contribution in [-0.4, -0.2) is 44.6 Å². The number of rotatable bonds is 5. The molecule has 1 aliphatic rings. The third-order valence-electron chi connectivity index (χ3n) is 3.67. The maximum atomic E-state index is 12.4. The minimum Gasteiger partial charge on any atom is -0.475 e. The van der Waals surface area contributed by atoms with Gasteiger partial charge >= 0.3 is 5.82 Å². The highest BCUT2D eigenvalue weighted by Gasteiger charge is 2.37. The Balaban J connectivity index is 1.82. The molecule has 2 aromatic heterocycles. The number of nitro groups is 1. The van der Waals surface area contributed by atoms with E-state index >= 15 is 0 Å². The zero-order valence-electron chi connectivity index (χ0n) is 14.7. The van der Waals surface area contributed by atoms with Crippen molar-refractivity contribution >= 4 is 39.9 Å². The summed E-state index contributed by atoms with van der Waals surface area (Å²) < 4.78 is 5.41. The van der Waals surface area contributed by atoms with Gasteiger partial charge in [0.05, 0.1) is 0 Å². The number of nitrogens with one attached hydrogen (secondary N) is 1. The Bertz CT molecular complexity index is 914. The fourth-order valence-corrected chi connectivity index (χ4v) is 3.11. The fourth-order valence-electron chi connectivity index (χ4n) is 2.35. The average Bonchev–Trinajstić information content (AvgIpc) is 3.07. The molecule has 0 saturated carbocycles. The van der Waals surface area contributed by atoms with E-state index < -0.39 is 28.7 Å². The molecule has 2 aromatic rings. The summed E-state index contributed by atoms with van der Waals surface area (Å²) in [6.45, 7) is 5.05. The molecule has 0 bridgehead atoms. The molecule has 0 aromatic carbocycles. The molecule has 0 fully saturated rings. The molecule has 0 aliphatic carbocycles. The molecule has 1 atom stereocenters. The highest BCUT2D eigenvalue weighted by Crippen LogP contribution is 2.34. The molecule has 27 heavy (non-hydrogen) atoms. The largest absolute Gasteiger partial charge is 0.475 e. The Hall–Kier alpha value is -3.15. The Labute approximate surface area is 157 Å². The van der Waals surface area contributed by atoms with Crippen molar-refractivity contribution in [1.82, 2.24) is 15.2 Å². The van der Waals surface area contributed by atoms with Crippen LogP contribution in [0, 0.1) is 10.1 Å². The van der Waals surface area contributed by atoms with Crippen LogP contribution >= 0.6 is 11.3 Å². The predicted octanol–water partition coefficient (Wildman–Crippen LogP) is 1.72. The lowest BCUT2D eigenvalue weighted by Crippen LogP contribution is -2.48. The summed E-state index contributed by atoms with van der Waals surface area (Å²) >= 11 is 1.24. The lowest BCUT2D eigenvalue weighted by atomic mass is 10.2. The SMILES string of the molecule is CC1Oc2ccc([N+](=O)[O-])nc2N(CC(=O)Nc2nnc(C(C)C)s2)C1=O. The number of anilines is 2. The van der Waals surface area contributed by atoms with E-state index in [1.807, 2.05) is 13.8 Å². The van der Waals surface area contributed by atoms with Crippen LogP contribution in [0.4, 0.5) is 16.8 Å². The van der Waals surface area contributed by atoms with Gasteiger partial charge in [0.1, 0.15) is 11.6 Å². The van der Waals surface area contributed by atoms with Crippen molar-refractivity contribution in [2.75, 3.05) is 16.8 Å². The lowest BCUT2D eigenvalue weighted by Gasteiger charge is -2.28. The number of amides is 2. The predicted molar refractivity (Wildman–Crippen MR) is 96.0 cm³/mol. The van der Waals surface area contributed by atoms with Gasteiger partial charge in [-0.25, -0.2) is 0 Å². The van der Waals surface area contributed by atoms with Gasteiger partial charge in [-0.05, 0) is 22.9 Å². The normalized spacial score (nSPS) is 16.1. The average molecular weight is 392 g/mol. The summed E-state index contributed by atoms with van der Waals surface area (Å²) in [6, 6.07) is 2.53. The highest BCUT2D eigenvalue weighted by atomic mass is 32.1. The second kappa shape index (κ2) is 7.23. The van der Waals surface area contributed by atoms with Gasteiger partial charge in [0, 0.05) is 12.0 Å². The number of pyridine rings is 1. The van der Waals surface area contributed by atoms with Crippen molar-refractivity contribution in [2.45, 2.75) is 32.8 Å². The Morgan fingerprint density at radius 2 is 2.19 bits per heavy atom. The third-order valence-corrected chi connectivity index (χ3v) is 4.81. The summed E-state index contributed by atoms with van der Waals surface area (Å²) in [5, 5.41) is 22.5. The minimum atomic E-state index is -0.845. The topological polar surface area (TPSA) is 140 Å². The molecule has 12 heteroatoms. The summed E-state index contributed by atoms with van der Waals surface area (Å²) in [7, 11) is 0. The van der Waals surface area contributed by atoms with Crippen molar-refractivity contribution in [3.05, 3.63) is 27.3 Å². The first kappa shape index (κ1) is 18.6. The molecule has 0 radical (unpaired) electrons. The summed E-state index contributed by atoms with van der Waals surface area (Å²) in [5.41, 5.74) is 0. The summed E-state index contributed by atoms with van der Waals surface area (Å²) in [6.07, 6.45) is -0.845. The zero-order chi connectivity index (χ0) is 19.7. The number of ether oxygens (including phenoxy) is 1. The van der Waals surface area contributed by atoms with Crippen molar-refractivity contribution in [2.24, 2.45) is 0 Å². The number of nitrogens with zero attached hydrogens (tertiary/aromatic N) is 5. The lowest BCUT2D eigenvalue weighted by molar-refractivity contribution is -0.389. The Kier molecular flexibility index (Phi) is 4.99. The van der Waals surface area contributed by atoms with E-state index in [9.17, 15) is 19.7 Å². The van der Waals surface area contributed by atoms with Crippen LogP contribution in [0.25, 0.3) is 0 Å². The number of aromatic nitrogens is 3. The molecule has 2 amide bonds. The first-order chi connectivity index (χ1) is 12.8. The van der Waals surface area contributed by atoms with Crippen LogP contribution < -0.4 is 15.0 Å². The van der Waals surface area contributed by atoms with Crippen molar-refractivity contribution in [1.29, 1.82) is 0 Å². The number of carbonyl (C=O) groups excluding carboxylic acids is 2. The molecule has 3 rings (SSSR count). The van der Waals surface area contributed by atoms with E-state index in [0.717, 1.165) is 9.91 Å². The molecular weight excluding hydrogens is 376 g/mol. The molecular formula is C15H16N6O5S. The van der Waals surface area contributed by atoms with Gasteiger partial charge < -0.3 is 14.9 Å². The quantitative estimate of drug-likeness (QED) is 0.599. The highest BCUT2D eigenvalue weighted by molar-refractivity contribution is 7.15. The van der Waals surface area contributed by atoms with E-state index in [0.29, 0.717) is 5.13 Å². The van der Waals surface area contributed by atoms with Crippen LogP contribution in [0.1, 0.15) is 31.7 Å². The second-order valence-electron chi connectivity index (χ2n) is 6.08. The van der Waals surface area contributed by atoms with Gasteiger partial charge in [0.15, 0.2) is 11.9 Å². The number of hydrogen-bond donors (Lipinski definition) is 1. The van der Waals surface area contributed by atoms with Gasteiger partial charge in [0.25, 0.3) is 11.7 Å². The third kappa shape index (κ3) is 3.84. The van der Waals surface area contributed by atoms with Crippen LogP contribution in [0.15, 0.2) is 12.1 Å². The van der Waals surface area contributed by atoms with Crippen molar-refractivity contribution in [3.63, 3.8) is 0 Å². The maximum Gasteiger partial charge on any atom is 0.366 e. The number of hydrogen-bond acceptors (Lipinski definition) is 9. The van der Waals surface area contributed by atoms with E-state index in [1.54, 1.807) is 0 Å². The molecule has 11 nitrogen and oxygen atoms in total. The van der Waals surface area contributed by atoms with Crippen molar-refractivity contribution < 1.29 is 19.2 Å². The van der Waals surface area contributed by atoms with Gasteiger partial charge in [0.2, 0.25) is 11.0 Å². The monoisotopic (exact) mass is 392 g/mol. The molecule has 0 spiro atoms. The molecule has 3 heterocycles. The van der Waals surface area contributed by atoms with Gasteiger partial charge in [-0.3, -0.25) is 19.8 Å². The molecule has 0 saturated heterocycles. The van der Waals surface area contributed by atoms with E-state index in [4.69, 9.17) is 4.74 Å². The van der Waals surface area contributed by atoms with Gasteiger partial charge in [-0.2, -0.15) is 0 Å². The first-order valence-electron chi connectivity index (χ1n) is 8.03. The van der Waals surface area contributed by atoms with E-state index in [1.165, 1.54) is 30.4 Å². The fraction of sp³-hybridized carbons (Fsp3) is 0.400. The van der Waals surface area contributed by atoms with Gasteiger partial charge in [-0.15, -0.1) is 10.2 Å². The standard InChI is InChI=1S/C15H16N6O5S/c1-7(2)13-18-19-15(27-13)17-11(22)6-20-12-9(26-8(3)14(20)23)4-5-10(16-12)21(24)25/h4-5,7-8H,6H2,1-3H3,(H,17,19,22).